The molecule has 6 heteroatoms. The first kappa shape index (κ1) is 19.8. The van der Waals surface area contributed by atoms with Gasteiger partial charge in [0.15, 0.2) is 5.96 Å². The summed E-state index contributed by atoms with van der Waals surface area (Å²) in [7, 11) is 1.66. The maximum Gasteiger partial charge on any atom is 0.307 e. The van der Waals surface area contributed by atoms with E-state index in [1.807, 2.05) is 45.9 Å². The Morgan fingerprint density at radius 3 is 2.67 bits per heavy atom. The van der Waals surface area contributed by atoms with Gasteiger partial charge in [0, 0.05) is 18.7 Å². The van der Waals surface area contributed by atoms with Crippen LogP contribution < -0.4 is 15.4 Å². The van der Waals surface area contributed by atoms with Gasteiger partial charge >= 0.3 is 5.97 Å². The molecule has 0 aliphatic carbocycles. The van der Waals surface area contributed by atoms with E-state index >= 15 is 0 Å². The molecule has 0 spiro atoms. The zero-order chi connectivity index (χ0) is 17.9. The number of esters is 1. The molecule has 0 heterocycles. The van der Waals surface area contributed by atoms with E-state index in [1.54, 1.807) is 7.11 Å². The number of benzene rings is 1. The fourth-order valence-electron chi connectivity index (χ4n) is 2.09. The van der Waals surface area contributed by atoms with Gasteiger partial charge in [-0.3, -0.25) is 4.79 Å². The van der Waals surface area contributed by atoms with E-state index in [0.717, 1.165) is 23.4 Å². The fourth-order valence-corrected chi connectivity index (χ4v) is 2.09. The lowest BCUT2D eigenvalue weighted by molar-refractivity contribution is -0.147. The zero-order valence-corrected chi connectivity index (χ0v) is 15.3. The molecule has 0 fully saturated rings. The predicted molar refractivity (Wildman–Crippen MR) is 96.4 cm³/mol. The van der Waals surface area contributed by atoms with Crippen molar-refractivity contribution in [2.75, 3.05) is 20.2 Å². The minimum atomic E-state index is -0.214. The van der Waals surface area contributed by atoms with Crippen LogP contribution in [-0.4, -0.2) is 38.2 Å². The first-order chi connectivity index (χ1) is 11.5. The molecule has 0 unspecified atom stereocenters. The van der Waals surface area contributed by atoms with Crippen molar-refractivity contribution in [1.29, 1.82) is 0 Å². The van der Waals surface area contributed by atoms with E-state index in [9.17, 15) is 4.79 Å². The fraction of sp³-hybridized carbons (Fsp3) is 0.556. The van der Waals surface area contributed by atoms with Gasteiger partial charge in [-0.25, -0.2) is 4.99 Å². The first-order valence-corrected chi connectivity index (χ1v) is 8.31. The van der Waals surface area contributed by atoms with Crippen molar-refractivity contribution in [3.8, 4) is 5.75 Å². The van der Waals surface area contributed by atoms with Crippen LogP contribution >= 0.6 is 0 Å². The summed E-state index contributed by atoms with van der Waals surface area (Å²) >= 11 is 0. The second-order valence-corrected chi connectivity index (χ2v) is 5.73. The van der Waals surface area contributed by atoms with Crippen molar-refractivity contribution >= 4 is 11.9 Å². The molecule has 134 valence electrons. The molecule has 1 aromatic rings. The molecule has 0 saturated heterocycles. The minimum absolute atomic E-state index is 0.0894. The van der Waals surface area contributed by atoms with Crippen molar-refractivity contribution in [3.05, 3.63) is 29.3 Å². The topological polar surface area (TPSA) is 72.0 Å². The number of carbonyl (C=O) groups is 1. The van der Waals surface area contributed by atoms with Crippen molar-refractivity contribution in [1.82, 2.24) is 10.6 Å². The molecular formula is C18H29N3O3. The van der Waals surface area contributed by atoms with Crippen LogP contribution in [0, 0.1) is 6.92 Å². The maximum absolute atomic E-state index is 11.5. The van der Waals surface area contributed by atoms with E-state index < -0.39 is 0 Å². The molecule has 0 saturated carbocycles. The van der Waals surface area contributed by atoms with Crippen LogP contribution in [0.25, 0.3) is 0 Å². The molecule has 1 aromatic carbocycles. The summed E-state index contributed by atoms with van der Waals surface area (Å²) < 4.78 is 10.5. The van der Waals surface area contributed by atoms with Crippen LogP contribution in [-0.2, 0) is 16.1 Å². The highest BCUT2D eigenvalue weighted by molar-refractivity contribution is 5.80. The monoisotopic (exact) mass is 335 g/mol. The second kappa shape index (κ2) is 10.5. The van der Waals surface area contributed by atoms with E-state index in [4.69, 9.17) is 9.47 Å². The Hall–Kier alpha value is -2.24. The standard InChI is InChI=1S/C18H29N3O3/c1-6-19-18(20-10-9-17(22)24-13(2)3)21-12-15-8-7-14(4)11-16(15)23-5/h7-8,11,13H,6,9-10,12H2,1-5H3,(H2,19,20,21). The molecule has 0 radical (unpaired) electrons. The molecule has 24 heavy (non-hydrogen) atoms. The first-order valence-electron chi connectivity index (χ1n) is 8.31. The number of nitrogens with zero attached hydrogens (tertiary/aromatic N) is 1. The lowest BCUT2D eigenvalue weighted by Gasteiger charge is -2.13. The highest BCUT2D eigenvalue weighted by Crippen LogP contribution is 2.20. The van der Waals surface area contributed by atoms with Gasteiger partial charge in [0.1, 0.15) is 5.75 Å². The van der Waals surface area contributed by atoms with Gasteiger partial charge in [0.2, 0.25) is 0 Å². The number of aryl methyl sites for hydroxylation is 1. The summed E-state index contributed by atoms with van der Waals surface area (Å²) in [5, 5.41) is 6.30. The van der Waals surface area contributed by atoms with Gasteiger partial charge in [-0.2, -0.15) is 0 Å². The predicted octanol–water partition coefficient (Wildman–Crippen LogP) is 2.40. The third-order valence-corrected chi connectivity index (χ3v) is 3.18. The van der Waals surface area contributed by atoms with Crippen molar-refractivity contribution in [2.24, 2.45) is 4.99 Å². The Bertz CT molecular complexity index is 556. The number of rotatable bonds is 8. The third kappa shape index (κ3) is 7.35. The summed E-state index contributed by atoms with van der Waals surface area (Å²) in [5.74, 6) is 1.28. The van der Waals surface area contributed by atoms with Crippen molar-refractivity contribution in [3.63, 3.8) is 0 Å². The molecular weight excluding hydrogens is 306 g/mol. The Balaban J connectivity index is 2.61. The van der Waals surface area contributed by atoms with E-state index in [0.29, 0.717) is 25.5 Å². The number of hydrogen-bond acceptors (Lipinski definition) is 4. The number of methoxy groups -OCH3 is 1. The molecule has 1 rings (SSSR count). The average Bonchev–Trinajstić information content (AvgIpc) is 2.52. The number of hydrogen-bond donors (Lipinski definition) is 2. The SMILES string of the molecule is CCNC(=NCc1ccc(C)cc1OC)NCCC(=O)OC(C)C. The summed E-state index contributed by atoms with van der Waals surface area (Å²) in [6, 6.07) is 6.05. The normalized spacial score (nSPS) is 11.3. The molecule has 0 amide bonds. The smallest absolute Gasteiger partial charge is 0.307 e. The maximum atomic E-state index is 11.5. The highest BCUT2D eigenvalue weighted by atomic mass is 16.5. The molecule has 0 aliphatic heterocycles. The number of guanidine groups is 1. The van der Waals surface area contributed by atoms with Crippen molar-refractivity contribution < 1.29 is 14.3 Å². The van der Waals surface area contributed by atoms with Gasteiger partial charge in [-0.05, 0) is 39.3 Å². The summed E-state index contributed by atoms with van der Waals surface area (Å²) in [6.07, 6.45) is 0.213. The van der Waals surface area contributed by atoms with Crippen LogP contribution in [0.15, 0.2) is 23.2 Å². The highest BCUT2D eigenvalue weighted by Gasteiger charge is 2.07. The molecule has 0 atom stereocenters. The summed E-state index contributed by atoms with van der Waals surface area (Å²) in [4.78, 5) is 16.1. The van der Waals surface area contributed by atoms with E-state index in [1.165, 1.54) is 0 Å². The van der Waals surface area contributed by atoms with Crippen LogP contribution in [0.2, 0.25) is 0 Å². The molecule has 0 aliphatic rings. The Kier molecular flexibility index (Phi) is 8.68. The van der Waals surface area contributed by atoms with E-state index in [2.05, 4.69) is 15.6 Å². The zero-order valence-electron chi connectivity index (χ0n) is 15.3. The van der Waals surface area contributed by atoms with Gasteiger partial charge in [-0.15, -0.1) is 0 Å². The second-order valence-electron chi connectivity index (χ2n) is 5.73. The van der Waals surface area contributed by atoms with Gasteiger partial charge in [-0.1, -0.05) is 12.1 Å². The van der Waals surface area contributed by atoms with Crippen LogP contribution in [0.5, 0.6) is 5.75 Å². The number of aliphatic imine (C=N–C) groups is 1. The Morgan fingerprint density at radius 2 is 2.04 bits per heavy atom. The lowest BCUT2D eigenvalue weighted by Crippen LogP contribution is -2.38. The number of nitrogens with one attached hydrogen (secondary N) is 2. The number of ether oxygens (including phenoxy) is 2. The minimum Gasteiger partial charge on any atom is -0.496 e. The van der Waals surface area contributed by atoms with Crippen molar-refractivity contribution in [2.45, 2.75) is 46.8 Å². The summed E-state index contributed by atoms with van der Waals surface area (Å²) in [5.41, 5.74) is 2.16. The van der Waals surface area contributed by atoms with Crippen LogP contribution in [0.3, 0.4) is 0 Å². The van der Waals surface area contributed by atoms with Gasteiger partial charge in [0.25, 0.3) is 0 Å². The molecule has 2 N–H and O–H groups in total. The Morgan fingerprint density at radius 1 is 1.29 bits per heavy atom. The third-order valence-electron chi connectivity index (χ3n) is 3.18. The van der Waals surface area contributed by atoms with Gasteiger partial charge in [0.05, 0.1) is 26.2 Å². The van der Waals surface area contributed by atoms with E-state index in [-0.39, 0.29) is 12.1 Å². The molecule has 0 bridgehead atoms. The quantitative estimate of drug-likeness (QED) is 0.434. The van der Waals surface area contributed by atoms with Gasteiger partial charge < -0.3 is 20.1 Å². The largest absolute Gasteiger partial charge is 0.496 e. The summed E-state index contributed by atoms with van der Waals surface area (Å²) in [6.45, 7) is 9.41. The van der Waals surface area contributed by atoms with Crippen LogP contribution in [0.1, 0.15) is 38.3 Å². The average molecular weight is 335 g/mol. The molecule has 6 nitrogen and oxygen atoms in total. The Labute approximate surface area is 144 Å². The molecule has 0 aromatic heterocycles. The lowest BCUT2D eigenvalue weighted by atomic mass is 10.1. The van der Waals surface area contributed by atoms with Crippen LogP contribution in [0.4, 0.5) is 0 Å². The number of carbonyl (C=O) groups excluding carboxylic acids is 1.